The molecule has 5 nitrogen and oxygen atoms in total. The molecule has 3 rings (SSSR count). The maximum absolute atomic E-state index is 12.1. The van der Waals surface area contributed by atoms with Gasteiger partial charge < -0.3 is 9.84 Å². The van der Waals surface area contributed by atoms with Gasteiger partial charge in [0.1, 0.15) is 0 Å². The number of hydrogen-bond donors (Lipinski definition) is 2. The van der Waals surface area contributed by atoms with Crippen molar-refractivity contribution >= 4 is 17.5 Å². The molecule has 19 heavy (non-hydrogen) atoms. The Morgan fingerprint density at radius 3 is 3.11 bits per heavy atom. The lowest BCUT2D eigenvalue weighted by molar-refractivity contribution is 0.102. The molecule has 0 fully saturated rings. The van der Waals surface area contributed by atoms with Gasteiger partial charge in [0.05, 0.1) is 5.69 Å². The summed E-state index contributed by atoms with van der Waals surface area (Å²) in [6, 6.07) is 7.39. The van der Waals surface area contributed by atoms with Crippen LogP contribution in [0.4, 0.5) is 11.6 Å². The van der Waals surface area contributed by atoms with Crippen molar-refractivity contribution in [2.75, 3.05) is 17.2 Å². The summed E-state index contributed by atoms with van der Waals surface area (Å²) in [5.41, 5.74) is 3.69. The van der Waals surface area contributed by atoms with Crippen LogP contribution in [0.15, 0.2) is 28.8 Å². The summed E-state index contributed by atoms with van der Waals surface area (Å²) in [6.45, 7) is 2.81. The summed E-state index contributed by atoms with van der Waals surface area (Å²) in [5.74, 6) is 0.197. The smallest absolute Gasteiger partial charge is 0.258 e. The van der Waals surface area contributed by atoms with Gasteiger partial charge in [0, 0.05) is 23.9 Å². The Labute approximate surface area is 111 Å². The number of nitrogens with zero attached hydrogens (tertiary/aromatic N) is 1. The highest BCUT2D eigenvalue weighted by atomic mass is 16.5. The highest BCUT2D eigenvalue weighted by molar-refractivity contribution is 6.04. The fourth-order valence-electron chi connectivity index (χ4n) is 2.22. The second kappa shape index (κ2) is 4.76. The molecule has 1 aromatic carbocycles. The molecule has 1 aromatic heterocycles. The molecule has 2 heterocycles. The number of carbonyl (C=O) groups excluding carboxylic acids is 1. The lowest BCUT2D eigenvalue weighted by Gasteiger charge is -2.18. The van der Waals surface area contributed by atoms with Crippen molar-refractivity contribution in [1.82, 2.24) is 5.16 Å². The number of carbonyl (C=O) groups is 1. The van der Waals surface area contributed by atoms with Crippen molar-refractivity contribution < 1.29 is 9.32 Å². The number of amides is 1. The standard InChI is InChI=1S/C14H15N3O2/c1-9-7-13(19-17-9)16-14(18)11-4-5-12-10(8-11)3-2-6-15-12/h4-5,7-8,15H,2-3,6H2,1H3,(H,16,18). The molecule has 0 unspecified atom stereocenters. The van der Waals surface area contributed by atoms with Crippen LogP contribution in [-0.4, -0.2) is 17.6 Å². The van der Waals surface area contributed by atoms with Gasteiger partial charge in [0.25, 0.3) is 5.91 Å². The van der Waals surface area contributed by atoms with Gasteiger partial charge in [-0.25, -0.2) is 0 Å². The van der Waals surface area contributed by atoms with Gasteiger partial charge in [-0.1, -0.05) is 5.16 Å². The van der Waals surface area contributed by atoms with E-state index in [0.29, 0.717) is 11.4 Å². The van der Waals surface area contributed by atoms with Crippen LogP contribution in [0, 0.1) is 6.92 Å². The first-order chi connectivity index (χ1) is 9.22. The summed E-state index contributed by atoms with van der Waals surface area (Å²) in [5, 5.41) is 9.75. The van der Waals surface area contributed by atoms with Crippen molar-refractivity contribution in [3.8, 4) is 0 Å². The van der Waals surface area contributed by atoms with Crippen molar-refractivity contribution in [3.63, 3.8) is 0 Å². The van der Waals surface area contributed by atoms with Gasteiger partial charge in [-0.3, -0.25) is 10.1 Å². The highest BCUT2D eigenvalue weighted by Gasteiger charge is 2.13. The van der Waals surface area contributed by atoms with Crippen LogP contribution < -0.4 is 10.6 Å². The molecular formula is C14H15N3O2. The molecule has 1 aliphatic rings. The monoisotopic (exact) mass is 257 g/mol. The van der Waals surface area contributed by atoms with Gasteiger partial charge in [0.2, 0.25) is 5.88 Å². The van der Waals surface area contributed by atoms with E-state index in [1.165, 1.54) is 5.56 Å². The number of aromatic nitrogens is 1. The summed E-state index contributed by atoms with van der Waals surface area (Å²) >= 11 is 0. The van der Waals surface area contributed by atoms with E-state index in [1.54, 1.807) is 6.07 Å². The van der Waals surface area contributed by atoms with E-state index in [0.717, 1.165) is 30.8 Å². The van der Waals surface area contributed by atoms with Crippen LogP contribution in [0.2, 0.25) is 0 Å². The van der Waals surface area contributed by atoms with Crippen LogP contribution in [0.1, 0.15) is 28.0 Å². The second-order valence-corrected chi connectivity index (χ2v) is 4.69. The van der Waals surface area contributed by atoms with Crippen molar-refractivity contribution in [1.29, 1.82) is 0 Å². The largest absolute Gasteiger partial charge is 0.385 e. The van der Waals surface area contributed by atoms with Gasteiger partial charge >= 0.3 is 0 Å². The maximum Gasteiger partial charge on any atom is 0.258 e. The molecule has 2 N–H and O–H groups in total. The molecule has 0 spiro atoms. The van der Waals surface area contributed by atoms with Crippen molar-refractivity contribution in [2.45, 2.75) is 19.8 Å². The minimum Gasteiger partial charge on any atom is -0.385 e. The normalized spacial score (nSPS) is 13.5. The molecule has 0 saturated heterocycles. The molecule has 98 valence electrons. The fraction of sp³-hybridized carbons (Fsp3) is 0.286. The fourth-order valence-corrected chi connectivity index (χ4v) is 2.22. The lowest BCUT2D eigenvalue weighted by Crippen LogP contribution is -2.15. The Hall–Kier alpha value is -2.30. The number of hydrogen-bond acceptors (Lipinski definition) is 4. The lowest BCUT2D eigenvalue weighted by atomic mass is 10.0. The van der Waals surface area contributed by atoms with E-state index in [-0.39, 0.29) is 5.91 Å². The molecule has 0 aliphatic carbocycles. The van der Waals surface area contributed by atoms with E-state index in [4.69, 9.17) is 4.52 Å². The molecule has 2 aromatic rings. The third-order valence-corrected chi connectivity index (χ3v) is 3.17. The number of anilines is 2. The Balaban J connectivity index is 1.80. The Bertz CT molecular complexity index is 619. The van der Waals surface area contributed by atoms with Gasteiger partial charge in [-0.2, -0.15) is 0 Å². The van der Waals surface area contributed by atoms with E-state index in [1.807, 2.05) is 25.1 Å². The first kappa shape index (κ1) is 11.8. The third kappa shape index (κ3) is 2.45. The van der Waals surface area contributed by atoms with E-state index < -0.39 is 0 Å². The molecule has 0 radical (unpaired) electrons. The Morgan fingerprint density at radius 2 is 2.32 bits per heavy atom. The molecule has 0 saturated carbocycles. The molecule has 1 amide bonds. The number of fused-ring (bicyclic) bond motifs is 1. The predicted molar refractivity (Wildman–Crippen MR) is 72.4 cm³/mol. The second-order valence-electron chi connectivity index (χ2n) is 4.69. The van der Waals surface area contributed by atoms with E-state index >= 15 is 0 Å². The van der Waals surface area contributed by atoms with Crippen LogP contribution in [0.25, 0.3) is 0 Å². The summed E-state index contributed by atoms with van der Waals surface area (Å²) < 4.78 is 4.97. The Kier molecular flexibility index (Phi) is 2.95. The first-order valence-electron chi connectivity index (χ1n) is 6.34. The van der Waals surface area contributed by atoms with Crippen LogP contribution >= 0.6 is 0 Å². The zero-order chi connectivity index (χ0) is 13.2. The first-order valence-corrected chi connectivity index (χ1v) is 6.34. The Morgan fingerprint density at radius 1 is 1.42 bits per heavy atom. The van der Waals surface area contributed by atoms with Crippen molar-refractivity contribution in [3.05, 3.63) is 41.1 Å². The number of rotatable bonds is 2. The highest BCUT2D eigenvalue weighted by Crippen LogP contribution is 2.23. The van der Waals surface area contributed by atoms with E-state index in [9.17, 15) is 4.79 Å². The third-order valence-electron chi connectivity index (χ3n) is 3.17. The quantitative estimate of drug-likeness (QED) is 0.867. The maximum atomic E-state index is 12.1. The zero-order valence-corrected chi connectivity index (χ0v) is 10.7. The average molecular weight is 257 g/mol. The minimum absolute atomic E-state index is 0.176. The SMILES string of the molecule is Cc1cc(NC(=O)c2ccc3c(c2)CCCN3)on1. The molecule has 5 heteroatoms. The minimum atomic E-state index is -0.176. The number of nitrogens with one attached hydrogen (secondary N) is 2. The van der Waals surface area contributed by atoms with Gasteiger partial charge in [-0.15, -0.1) is 0 Å². The molecular weight excluding hydrogens is 242 g/mol. The average Bonchev–Trinajstić information content (AvgIpc) is 2.83. The summed E-state index contributed by atoms with van der Waals surface area (Å²) in [6.07, 6.45) is 2.10. The zero-order valence-electron chi connectivity index (χ0n) is 10.7. The molecule has 1 aliphatic heterocycles. The van der Waals surface area contributed by atoms with E-state index in [2.05, 4.69) is 15.8 Å². The van der Waals surface area contributed by atoms with Crippen LogP contribution in [0.5, 0.6) is 0 Å². The summed E-state index contributed by atoms with van der Waals surface area (Å²) in [7, 11) is 0. The van der Waals surface area contributed by atoms with Crippen LogP contribution in [0.3, 0.4) is 0 Å². The van der Waals surface area contributed by atoms with Gasteiger partial charge in [-0.05, 0) is 43.5 Å². The molecule has 0 bridgehead atoms. The molecule has 0 atom stereocenters. The number of benzene rings is 1. The predicted octanol–water partition coefficient (Wildman–Crippen LogP) is 2.59. The van der Waals surface area contributed by atoms with Gasteiger partial charge in [0.15, 0.2) is 0 Å². The van der Waals surface area contributed by atoms with Crippen LogP contribution in [-0.2, 0) is 6.42 Å². The number of aryl methyl sites for hydroxylation is 2. The summed E-state index contributed by atoms with van der Waals surface area (Å²) in [4.78, 5) is 12.1. The topological polar surface area (TPSA) is 67.2 Å². The van der Waals surface area contributed by atoms with Crippen molar-refractivity contribution in [2.24, 2.45) is 0 Å².